The van der Waals surface area contributed by atoms with E-state index < -0.39 is 0 Å². The normalized spacial score (nSPS) is 13.1. The Morgan fingerprint density at radius 1 is 0.955 bits per heavy atom. The van der Waals surface area contributed by atoms with Crippen molar-refractivity contribution >= 4 is 27.6 Å². The molecule has 2 aromatic carbocycles. The van der Waals surface area contributed by atoms with Crippen molar-refractivity contribution in [2.24, 2.45) is 5.92 Å². The molecule has 1 heterocycles. The summed E-state index contributed by atoms with van der Waals surface area (Å²) in [5.41, 5.74) is 2.33. The van der Waals surface area contributed by atoms with Gasteiger partial charge in [0.1, 0.15) is 0 Å². The van der Waals surface area contributed by atoms with Gasteiger partial charge in [-0.05, 0) is 18.6 Å². The van der Waals surface area contributed by atoms with Crippen LogP contribution in [0.3, 0.4) is 0 Å². The van der Waals surface area contributed by atoms with E-state index in [4.69, 9.17) is 0 Å². The Balaban J connectivity index is 2.32. The maximum atomic E-state index is 12.8. The van der Waals surface area contributed by atoms with Gasteiger partial charge in [-0.25, -0.2) is 0 Å². The van der Waals surface area contributed by atoms with E-state index in [1.54, 1.807) is 0 Å². The molecule has 3 aromatic rings. The zero-order chi connectivity index (χ0) is 15.7. The third kappa shape index (κ3) is 2.33. The van der Waals surface area contributed by atoms with Crippen LogP contribution in [0.5, 0.6) is 0 Å². The summed E-state index contributed by atoms with van der Waals surface area (Å²) in [5.74, 6) is 0.379. The van der Waals surface area contributed by atoms with Crippen molar-refractivity contribution in [2.75, 3.05) is 0 Å². The highest BCUT2D eigenvalue weighted by molar-refractivity contribution is 6.09. The summed E-state index contributed by atoms with van der Waals surface area (Å²) in [5, 5.41) is 2.46. The number of hydrogen-bond donors (Lipinski definition) is 0. The van der Waals surface area contributed by atoms with E-state index in [2.05, 4.69) is 60.0 Å². The van der Waals surface area contributed by atoms with Crippen molar-refractivity contribution in [1.82, 2.24) is 4.57 Å². The lowest BCUT2D eigenvalue weighted by Gasteiger charge is -2.21. The Morgan fingerprint density at radius 3 is 1.91 bits per heavy atom. The smallest absolute Gasteiger partial charge is 0.158 e. The van der Waals surface area contributed by atoms with E-state index in [1.165, 1.54) is 10.8 Å². The maximum absolute atomic E-state index is 12.8. The van der Waals surface area contributed by atoms with Crippen LogP contribution < -0.4 is 0 Å². The van der Waals surface area contributed by atoms with Gasteiger partial charge in [0.05, 0.1) is 6.04 Å². The molecular formula is C20H23NO. The molecule has 2 heteroatoms. The molecule has 22 heavy (non-hydrogen) atoms. The van der Waals surface area contributed by atoms with E-state index in [9.17, 15) is 4.79 Å². The van der Waals surface area contributed by atoms with Crippen molar-refractivity contribution < 1.29 is 4.79 Å². The van der Waals surface area contributed by atoms with Gasteiger partial charge in [0, 0.05) is 27.7 Å². The van der Waals surface area contributed by atoms with Crippen molar-refractivity contribution in [3.05, 3.63) is 48.5 Å². The molecule has 0 aliphatic rings. The Morgan fingerprint density at radius 2 is 1.45 bits per heavy atom. The monoisotopic (exact) mass is 293 g/mol. The Hall–Kier alpha value is -2.09. The van der Waals surface area contributed by atoms with Crippen molar-refractivity contribution in [1.29, 1.82) is 0 Å². The van der Waals surface area contributed by atoms with Crippen LogP contribution in [0.4, 0.5) is 0 Å². The van der Waals surface area contributed by atoms with Crippen LogP contribution in [-0.4, -0.2) is 10.4 Å². The van der Waals surface area contributed by atoms with E-state index in [0.717, 1.165) is 23.9 Å². The van der Waals surface area contributed by atoms with Crippen molar-refractivity contribution in [3.63, 3.8) is 0 Å². The van der Waals surface area contributed by atoms with Crippen molar-refractivity contribution in [3.8, 4) is 0 Å². The molecule has 0 bridgehead atoms. The predicted molar refractivity (Wildman–Crippen MR) is 93.2 cm³/mol. The molecular weight excluding hydrogens is 270 g/mol. The first-order chi connectivity index (χ1) is 10.6. The number of aromatic nitrogens is 1. The van der Waals surface area contributed by atoms with Gasteiger partial charge in [0.2, 0.25) is 0 Å². The average Bonchev–Trinajstić information content (AvgIpc) is 2.86. The van der Waals surface area contributed by atoms with E-state index in [0.29, 0.717) is 5.78 Å². The van der Waals surface area contributed by atoms with Gasteiger partial charge in [-0.2, -0.15) is 0 Å². The Bertz CT molecular complexity index is 760. The highest BCUT2D eigenvalue weighted by atomic mass is 16.1. The van der Waals surface area contributed by atoms with E-state index in [-0.39, 0.29) is 12.0 Å². The molecule has 3 rings (SSSR count). The van der Waals surface area contributed by atoms with Gasteiger partial charge < -0.3 is 4.57 Å². The number of nitrogens with zero attached hydrogens (tertiary/aromatic N) is 1. The number of para-hydroxylation sites is 2. The van der Waals surface area contributed by atoms with Gasteiger partial charge >= 0.3 is 0 Å². The lowest BCUT2D eigenvalue weighted by Crippen LogP contribution is -2.23. The minimum absolute atomic E-state index is 0.0523. The zero-order valence-corrected chi connectivity index (χ0v) is 13.5. The number of ketones is 1. The summed E-state index contributed by atoms with van der Waals surface area (Å²) in [6.07, 6.45) is 1.89. The highest BCUT2D eigenvalue weighted by Gasteiger charge is 2.25. The summed E-state index contributed by atoms with van der Waals surface area (Å²) in [4.78, 5) is 12.8. The van der Waals surface area contributed by atoms with E-state index in [1.807, 2.05) is 13.8 Å². The number of benzene rings is 2. The summed E-state index contributed by atoms with van der Waals surface area (Å²) >= 11 is 0. The summed E-state index contributed by atoms with van der Waals surface area (Å²) < 4.78 is 2.26. The number of carbonyl (C=O) groups excluding carboxylic acids is 1. The van der Waals surface area contributed by atoms with Gasteiger partial charge in [-0.3, -0.25) is 4.79 Å². The first-order valence-electron chi connectivity index (χ1n) is 8.16. The van der Waals surface area contributed by atoms with E-state index >= 15 is 0 Å². The second-order valence-electron chi connectivity index (χ2n) is 6.27. The molecule has 1 unspecified atom stereocenters. The van der Waals surface area contributed by atoms with Gasteiger partial charge in [0.15, 0.2) is 5.78 Å². The maximum Gasteiger partial charge on any atom is 0.158 e. The molecule has 114 valence electrons. The largest absolute Gasteiger partial charge is 0.330 e. The second kappa shape index (κ2) is 5.96. The number of Topliss-reactive ketones (excluding diaryl/α,β-unsaturated/α-hetero) is 1. The fourth-order valence-corrected chi connectivity index (χ4v) is 3.35. The van der Waals surface area contributed by atoms with Crippen LogP contribution in [0.2, 0.25) is 0 Å². The first kappa shape index (κ1) is 14.8. The molecule has 0 saturated heterocycles. The Kier molecular flexibility index (Phi) is 4.02. The predicted octanol–water partition coefficient (Wildman–Crippen LogP) is 5.36. The zero-order valence-electron chi connectivity index (χ0n) is 13.5. The fraction of sp³-hybridized carbons (Fsp3) is 0.350. The molecule has 0 saturated carbocycles. The summed E-state index contributed by atoms with van der Waals surface area (Å²) in [7, 11) is 0. The van der Waals surface area contributed by atoms with Gasteiger partial charge in [-0.15, -0.1) is 0 Å². The quantitative estimate of drug-likeness (QED) is 0.620. The van der Waals surface area contributed by atoms with Crippen LogP contribution in [0.1, 0.15) is 39.7 Å². The van der Waals surface area contributed by atoms with Crippen LogP contribution >= 0.6 is 0 Å². The second-order valence-corrected chi connectivity index (χ2v) is 6.27. The molecule has 0 N–H and O–H groups in total. The lowest BCUT2D eigenvalue weighted by molar-refractivity contribution is -0.125. The number of carbonyl (C=O) groups is 1. The lowest BCUT2D eigenvalue weighted by atomic mass is 9.97. The minimum Gasteiger partial charge on any atom is -0.330 e. The van der Waals surface area contributed by atoms with Crippen LogP contribution in [0.15, 0.2) is 48.5 Å². The molecule has 0 aliphatic heterocycles. The number of rotatable bonds is 5. The molecule has 1 aromatic heterocycles. The van der Waals surface area contributed by atoms with Gasteiger partial charge in [0.25, 0.3) is 0 Å². The fourth-order valence-electron chi connectivity index (χ4n) is 3.35. The molecule has 1 atom stereocenters. The van der Waals surface area contributed by atoms with Crippen LogP contribution in [0.25, 0.3) is 21.8 Å². The van der Waals surface area contributed by atoms with Crippen LogP contribution in [0, 0.1) is 5.92 Å². The van der Waals surface area contributed by atoms with Crippen molar-refractivity contribution in [2.45, 2.75) is 39.7 Å². The third-order valence-corrected chi connectivity index (χ3v) is 4.39. The standard InChI is InChI=1S/C20H23NO/c1-4-9-19(20(22)14(2)3)21-17-12-7-5-10-15(17)16-11-6-8-13-18(16)21/h5-8,10-14,19H,4,9H2,1-3H3. The Labute approximate surface area is 131 Å². The molecule has 0 spiro atoms. The molecule has 0 amide bonds. The number of fused-ring (bicyclic) bond motifs is 3. The average molecular weight is 293 g/mol. The molecule has 0 fully saturated rings. The molecule has 2 nitrogen and oxygen atoms in total. The number of hydrogen-bond acceptors (Lipinski definition) is 1. The molecule has 0 radical (unpaired) electrons. The minimum atomic E-state index is -0.0743. The topological polar surface area (TPSA) is 22.0 Å². The highest BCUT2D eigenvalue weighted by Crippen LogP contribution is 2.34. The summed E-state index contributed by atoms with van der Waals surface area (Å²) in [6.45, 7) is 6.15. The third-order valence-electron chi connectivity index (χ3n) is 4.39. The summed E-state index contributed by atoms with van der Waals surface area (Å²) in [6, 6.07) is 16.7. The molecule has 0 aliphatic carbocycles. The SMILES string of the molecule is CCCC(C(=O)C(C)C)n1c2ccccc2c2ccccc21. The first-order valence-corrected chi connectivity index (χ1v) is 8.16. The van der Waals surface area contributed by atoms with Gasteiger partial charge in [-0.1, -0.05) is 63.6 Å². The van der Waals surface area contributed by atoms with Crippen LogP contribution in [-0.2, 0) is 4.79 Å².